The van der Waals surface area contributed by atoms with Gasteiger partial charge in [-0.3, -0.25) is 24.8 Å². The second-order valence-electron chi connectivity index (χ2n) is 7.06. The quantitative estimate of drug-likeness (QED) is 0.531. The number of imide groups is 1. The molecule has 1 saturated heterocycles. The van der Waals surface area contributed by atoms with Gasteiger partial charge in [-0.05, 0) is 30.2 Å². The fraction of sp³-hybridized carbons (Fsp3) is 0.368. The lowest BCUT2D eigenvalue weighted by atomic mass is 10.0. The van der Waals surface area contributed by atoms with E-state index in [1.807, 2.05) is 24.3 Å². The molecule has 1 aromatic heterocycles. The average molecular weight is 382 g/mol. The van der Waals surface area contributed by atoms with Crippen molar-refractivity contribution in [1.82, 2.24) is 20.4 Å². The van der Waals surface area contributed by atoms with Crippen LogP contribution in [-0.2, 0) is 29.1 Å². The van der Waals surface area contributed by atoms with Gasteiger partial charge in [0, 0.05) is 43.3 Å². The standard InChI is InChI=1S/C19H22N6O3/c20-6-5-13-8-16(24-23-13)21-9-11-1-2-12-10-25(19(28)14(12)7-11)15-3-4-17(26)22-18(15)27/h1-2,7-8,15H,3-6,9-10,20H2,(H2,21,23,24)(H,22,26,27). The number of amides is 3. The van der Waals surface area contributed by atoms with Crippen LogP contribution in [0.4, 0.5) is 5.82 Å². The van der Waals surface area contributed by atoms with Crippen LogP contribution in [0, 0.1) is 0 Å². The number of anilines is 1. The van der Waals surface area contributed by atoms with Gasteiger partial charge in [-0.1, -0.05) is 12.1 Å². The van der Waals surface area contributed by atoms with E-state index in [4.69, 9.17) is 5.73 Å². The zero-order valence-electron chi connectivity index (χ0n) is 15.3. The van der Waals surface area contributed by atoms with Crippen LogP contribution in [0.2, 0.25) is 0 Å². The minimum Gasteiger partial charge on any atom is -0.365 e. The summed E-state index contributed by atoms with van der Waals surface area (Å²) in [5.74, 6) is -0.130. The fourth-order valence-electron chi connectivity index (χ4n) is 3.64. The molecule has 0 saturated carbocycles. The van der Waals surface area contributed by atoms with Crippen molar-refractivity contribution < 1.29 is 14.4 Å². The largest absolute Gasteiger partial charge is 0.365 e. The van der Waals surface area contributed by atoms with Gasteiger partial charge in [0.15, 0.2) is 0 Å². The Morgan fingerprint density at radius 1 is 1.25 bits per heavy atom. The van der Waals surface area contributed by atoms with Gasteiger partial charge in [0.2, 0.25) is 11.8 Å². The van der Waals surface area contributed by atoms with E-state index in [2.05, 4.69) is 20.8 Å². The first kappa shape index (κ1) is 18.2. The van der Waals surface area contributed by atoms with E-state index in [0.717, 1.165) is 29.1 Å². The molecule has 0 radical (unpaired) electrons. The second kappa shape index (κ2) is 7.43. The number of aromatic nitrogens is 2. The van der Waals surface area contributed by atoms with E-state index >= 15 is 0 Å². The summed E-state index contributed by atoms with van der Waals surface area (Å²) < 4.78 is 0. The number of aromatic amines is 1. The Kier molecular flexibility index (Phi) is 4.82. The molecule has 2 aromatic rings. The normalized spacial score (nSPS) is 19.0. The molecule has 2 aliphatic rings. The highest BCUT2D eigenvalue weighted by Gasteiger charge is 2.39. The van der Waals surface area contributed by atoms with Crippen molar-refractivity contribution >= 4 is 23.5 Å². The number of hydrogen-bond acceptors (Lipinski definition) is 6. The number of carbonyl (C=O) groups excluding carboxylic acids is 3. The zero-order chi connectivity index (χ0) is 19.7. The lowest BCUT2D eigenvalue weighted by Gasteiger charge is -2.29. The molecule has 5 N–H and O–H groups in total. The Balaban J connectivity index is 1.43. The highest BCUT2D eigenvalue weighted by molar-refractivity contribution is 6.05. The van der Waals surface area contributed by atoms with Crippen LogP contribution in [0.25, 0.3) is 0 Å². The van der Waals surface area contributed by atoms with Crippen LogP contribution in [-0.4, -0.2) is 45.4 Å². The Morgan fingerprint density at radius 2 is 2.11 bits per heavy atom. The van der Waals surface area contributed by atoms with Crippen LogP contribution in [0.1, 0.15) is 40.0 Å². The van der Waals surface area contributed by atoms with Crippen molar-refractivity contribution in [2.24, 2.45) is 5.73 Å². The Bertz CT molecular complexity index is 938. The maximum Gasteiger partial charge on any atom is 0.255 e. The lowest BCUT2D eigenvalue weighted by molar-refractivity contribution is -0.136. The minimum atomic E-state index is -0.593. The molecule has 3 heterocycles. The smallest absolute Gasteiger partial charge is 0.255 e. The predicted octanol–water partition coefficient (Wildman–Crippen LogP) is 0.284. The maximum absolute atomic E-state index is 12.8. The number of nitrogens with two attached hydrogens (primary N) is 1. The summed E-state index contributed by atoms with van der Waals surface area (Å²) in [5.41, 5.74) is 8.94. The third-order valence-corrected chi connectivity index (χ3v) is 5.11. The van der Waals surface area contributed by atoms with Crippen molar-refractivity contribution in [3.05, 3.63) is 46.6 Å². The first-order valence-corrected chi connectivity index (χ1v) is 9.30. The zero-order valence-corrected chi connectivity index (χ0v) is 15.3. The number of benzene rings is 1. The summed E-state index contributed by atoms with van der Waals surface area (Å²) in [4.78, 5) is 37.8. The van der Waals surface area contributed by atoms with Gasteiger partial charge in [-0.15, -0.1) is 0 Å². The van der Waals surface area contributed by atoms with Gasteiger partial charge in [0.25, 0.3) is 5.91 Å². The van der Waals surface area contributed by atoms with Gasteiger partial charge >= 0.3 is 0 Å². The first-order chi connectivity index (χ1) is 13.5. The molecule has 0 aliphatic carbocycles. The van der Waals surface area contributed by atoms with E-state index in [-0.39, 0.29) is 18.2 Å². The first-order valence-electron chi connectivity index (χ1n) is 9.30. The molecule has 28 heavy (non-hydrogen) atoms. The summed E-state index contributed by atoms with van der Waals surface area (Å²) in [6.45, 7) is 1.46. The van der Waals surface area contributed by atoms with E-state index in [1.165, 1.54) is 0 Å². The third kappa shape index (κ3) is 3.48. The summed E-state index contributed by atoms with van der Waals surface area (Å²) in [6, 6.07) is 7.05. The molecular weight excluding hydrogens is 360 g/mol. The number of nitrogens with zero attached hydrogens (tertiary/aromatic N) is 2. The number of fused-ring (bicyclic) bond motifs is 1. The van der Waals surface area contributed by atoms with Crippen molar-refractivity contribution in [2.75, 3.05) is 11.9 Å². The number of hydrogen-bond donors (Lipinski definition) is 4. The SMILES string of the molecule is NCCc1cc(NCc2ccc3c(c2)C(=O)N(C2CCC(=O)NC2=O)C3)n[nH]1. The number of carbonyl (C=O) groups is 3. The van der Waals surface area contributed by atoms with Crippen LogP contribution in [0.15, 0.2) is 24.3 Å². The average Bonchev–Trinajstić information content (AvgIpc) is 3.25. The van der Waals surface area contributed by atoms with Crippen molar-refractivity contribution in [3.63, 3.8) is 0 Å². The molecule has 1 fully saturated rings. The van der Waals surface area contributed by atoms with E-state index in [9.17, 15) is 14.4 Å². The molecule has 0 bridgehead atoms. The molecule has 3 amide bonds. The van der Waals surface area contributed by atoms with Gasteiger partial charge in [0.05, 0.1) is 0 Å². The van der Waals surface area contributed by atoms with Crippen LogP contribution in [0.5, 0.6) is 0 Å². The predicted molar refractivity (Wildman–Crippen MR) is 101 cm³/mol. The van der Waals surface area contributed by atoms with Crippen molar-refractivity contribution in [3.8, 4) is 0 Å². The highest BCUT2D eigenvalue weighted by atomic mass is 16.2. The Labute approximate surface area is 161 Å². The number of rotatable bonds is 6. The Morgan fingerprint density at radius 3 is 2.89 bits per heavy atom. The van der Waals surface area contributed by atoms with Gasteiger partial charge < -0.3 is 16.0 Å². The molecular formula is C19H22N6O3. The minimum absolute atomic E-state index is 0.170. The number of H-pyrrole nitrogens is 1. The van der Waals surface area contributed by atoms with Crippen LogP contribution in [0.3, 0.4) is 0 Å². The Hall–Kier alpha value is -3.20. The summed E-state index contributed by atoms with van der Waals surface area (Å²) in [5, 5.41) is 12.6. The van der Waals surface area contributed by atoms with E-state index in [0.29, 0.717) is 31.6 Å². The molecule has 146 valence electrons. The van der Waals surface area contributed by atoms with Crippen LogP contribution < -0.4 is 16.4 Å². The summed E-state index contributed by atoms with van der Waals surface area (Å²) >= 11 is 0. The van der Waals surface area contributed by atoms with Gasteiger partial charge in [-0.2, -0.15) is 5.10 Å². The van der Waals surface area contributed by atoms with Gasteiger partial charge in [0.1, 0.15) is 11.9 Å². The second-order valence-corrected chi connectivity index (χ2v) is 7.06. The molecule has 2 aliphatic heterocycles. The topological polar surface area (TPSA) is 133 Å². The number of nitrogens with one attached hydrogen (secondary N) is 3. The molecule has 1 atom stereocenters. The highest BCUT2D eigenvalue weighted by Crippen LogP contribution is 2.28. The molecule has 1 aromatic carbocycles. The number of piperidine rings is 1. The van der Waals surface area contributed by atoms with E-state index in [1.54, 1.807) is 4.90 Å². The molecule has 0 spiro atoms. The van der Waals surface area contributed by atoms with Gasteiger partial charge in [-0.25, -0.2) is 0 Å². The molecule has 1 unspecified atom stereocenters. The molecule has 9 nitrogen and oxygen atoms in total. The molecule has 4 rings (SSSR count). The van der Waals surface area contributed by atoms with Crippen molar-refractivity contribution in [2.45, 2.75) is 38.4 Å². The van der Waals surface area contributed by atoms with E-state index < -0.39 is 11.9 Å². The third-order valence-electron chi connectivity index (χ3n) is 5.11. The van der Waals surface area contributed by atoms with Crippen LogP contribution >= 0.6 is 0 Å². The van der Waals surface area contributed by atoms with Crippen molar-refractivity contribution in [1.29, 1.82) is 0 Å². The lowest BCUT2D eigenvalue weighted by Crippen LogP contribution is -2.52. The maximum atomic E-state index is 12.8. The molecule has 9 heteroatoms. The summed E-state index contributed by atoms with van der Waals surface area (Å²) in [6.07, 6.45) is 1.35. The monoisotopic (exact) mass is 382 g/mol. The fourth-order valence-corrected chi connectivity index (χ4v) is 3.64. The summed E-state index contributed by atoms with van der Waals surface area (Å²) in [7, 11) is 0.